The summed E-state index contributed by atoms with van der Waals surface area (Å²) in [6.45, 7) is 6.30. The number of methoxy groups -OCH3 is 1. The van der Waals surface area contributed by atoms with Crippen molar-refractivity contribution in [2.45, 2.75) is 45.4 Å². The molecule has 4 rings (SSSR count). The zero-order valence-corrected chi connectivity index (χ0v) is 22.8. The van der Waals surface area contributed by atoms with Gasteiger partial charge in [0.05, 0.1) is 18.8 Å². The number of amides is 1. The van der Waals surface area contributed by atoms with Gasteiger partial charge in [-0.15, -0.1) is 0 Å². The average molecular weight is 533 g/mol. The van der Waals surface area contributed by atoms with E-state index in [0.717, 1.165) is 21.7 Å². The van der Waals surface area contributed by atoms with E-state index in [0.29, 0.717) is 36.8 Å². The summed E-state index contributed by atoms with van der Waals surface area (Å²) in [7, 11) is 1.58. The molecular formula is C30H36N4O5. The van der Waals surface area contributed by atoms with Crippen LogP contribution in [-0.2, 0) is 22.5 Å². The second kappa shape index (κ2) is 12.1. The van der Waals surface area contributed by atoms with Crippen LogP contribution in [0.2, 0.25) is 0 Å². The van der Waals surface area contributed by atoms with E-state index in [2.05, 4.69) is 0 Å². The predicted octanol–water partition coefficient (Wildman–Crippen LogP) is 5.44. The second-order valence-electron chi connectivity index (χ2n) is 10.2. The summed E-state index contributed by atoms with van der Waals surface area (Å²) in [5, 5.41) is 9.56. The molecule has 1 atom stereocenters. The van der Waals surface area contributed by atoms with Gasteiger partial charge in [0.15, 0.2) is 11.5 Å². The van der Waals surface area contributed by atoms with Gasteiger partial charge in [-0.25, -0.2) is 21.1 Å². The number of nitrogens with one attached hydrogen (secondary N) is 1. The largest absolute Gasteiger partial charge is 0.493 e. The van der Waals surface area contributed by atoms with Gasteiger partial charge in [0.1, 0.15) is 18.8 Å². The number of hydrogen-bond donors (Lipinski definition) is 2. The van der Waals surface area contributed by atoms with Crippen LogP contribution in [0.25, 0.3) is 0 Å². The molecule has 1 unspecified atom stereocenters. The summed E-state index contributed by atoms with van der Waals surface area (Å²) in [4.78, 5) is 14.9. The van der Waals surface area contributed by atoms with Gasteiger partial charge in [-0.3, -0.25) is 4.90 Å². The van der Waals surface area contributed by atoms with Crippen molar-refractivity contribution in [1.29, 1.82) is 5.41 Å². The Bertz CT molecular complexity index is 1280. The first-order valence-electron chi connectivity index (χ1n) is 12.8. The molecule has 206 valence electrons. The number of carbonyl (C=O) groups is 1. The molecule has 3 aromatic rings. The summed E-state index contributed by atoms with van der Waals surface area (Å²) >= 11 is 0. The van der Waals surface area contributed by atoms with Crippen molar-refractivity contribution in [3.05, 3.63) is 89.5 Å². The lowest BCUT2D eigenvalue weighted by atomic mass is 9.92. The van der Waals surface area contributed by atoms with Gasteiger partial charge in [0.25, 0.3) is 0 Å². The number of ether oxygens (including phenoxy) is 4. The summed E-state index contributed by atoms with van der Waals surface area (Å²) < 4.78 is 23.3. The number of rotatable bonds is 7. The van der Waals surface area contributed by atoms with Gasteiger partial charge in [0, 0.05) is 6.54 Å². The number of fused-ring (bicyclic) bond motifs is 1. The van der Waals surface area contributed by atoms with Crippen molar-refractivity contribution in [2.24, 2.45) is 5.84 Å². The average Bonchev–Trinajstić information content (AvgIpc) is 2.93. The molecule has 0 radical (unpaired) electrons. The van der Waals surface area contributed by atoms with Crippen LogP contribution in [0.15, 0.2) is 72.8 Å². The summed E-state index contributed by atoms with van der Waals surface area (Å²) in [6.07, 6.45) is 0.144. The minimum absolute atomic E-state index is 0.00101. The van der Waals surface area contributed by atoms with E-state index in [-0.39, 0.29) is 12.6 Å². The van der Waals surface area contributed by atoms with E-state index in [9.17, 15) is 4.79 Å². The highest BCUT2D eigenvalue weighted by molar-refractivity contribution is 5.88. The predicted molar refractivity (Wildman–Crippen MR) is 150 cm³/mol. The fraction of sp³-hybridized carbons (Fsp3) is 0.333. The molecule has 0 bridgehead atoms. The molecule has 1 amide bonds. The fourth-order valence-corrected chi connectivity index (χ4v) is 4.37. The van der Waals surface area contributed by atoms with E-state index in [1.54, 1.807) is 24.1 Å². The molecule has 9 heteroatoms. The van der Waals surface area contributed by atoms with Gasteiger partial charge in [-0.2, -0.15) is 0 Å². The SMILES string of the molecule is COc1cc2c(cc1OCc1ccccc1)CCN(C(=O)OC(C)(C)C)C2COC(=N)N(N)c1ccccc1. The lowest BCUT2D eigenvalue weighted by molar-refractivity contribution is 0.00758. The van der Waals surface area contributed by atoms with Gasteiger partial charge < -0.3 is 18.9 Å². The maximum absolute atomic E-state index is 13.2. The Balaban J connectivity index is 1.60. The monoisotopic (exact) mass is 532 g/mol. The molecule has 1 aliphatic rings. The smallest absolute Gasteiger partial charge is 0.410 e. The summed E-state index contributed by atoms with van der Waals surface area (Å²) in [5.74, 6) is 7.28. The van der Waals surface area contributed by atoms with Crippen LogP contribution in [0.4, 0.5) is 10.5 Å². The molecule has 0 saturated heterocycles. The third-order valence-electron chi connectivity index (χ3n) is 6.28. The molecule has 1 heterocycles. The van der Waals surface area contributed by atoms with E-state index >= 15 is 0 Å². The molecule has 3 aromatic carbocycles. The fourth-order valence-electron chi connectivity index (χ4n) is 4.37. The Morgan fingerprint density at radius 3 is 2.36 bits per heavy atom. The van der Waals surface area contributed by atoms with Gasteiger partial charge in [-0.1, -0.05) is 48.5 Å². The lowest BCUT2D eigenvalue weighted by Gasteiger charge is -2.38. The van der Waals surface area contributed by atoms with Crippen LogP contribution in [0.5, 0.6) is 11.5 Å². The molecule has 3 N–H and O–H groups in total. The van der Waals surface area contributed by atoms with Crippen LogP contribution in [-0.4, -0.2) is 42.9 Å². The number of para-hydroxylation sites is 1. The molecule has 0 aromatic heterocycles. The van der Waals surface area contributed by atoms with Gasteiger partial charge in [-0.05, 0) is 68.1 Å². The number of hydrogen-bond acceptors (Lipinski definition) is 7. The highest BCUT2D eigenvalue weighted by Crippen LogP contribution is 2.39. The normalized spacial score (nSPS) is 14.7. The Labute approximate surface area is 229 Å². The second-order valence-corrected chi connectivity index (χ2v) is 10.2. The van der Waals surface area contributed by atoms with Crippen LogP contribution in [0.1, 0.15) is 43.5 Å². The van der Waals surface area contributed by atoms with Crippen molar-refractivity contribution in [2.75, 3.05) is 25.3 Å². The topological polar surface area (TPSA) is 110 Å². The number of amidine groups is 1. The quantitative estimate of drug-likeness (QED) is 0.180. The van der Waals surface area contributed by atoms with E-state index in [4.69, 9.17) is 30.2 Å². The van der Waals surface area contributed by atoms with Crippen molar-refractivity contribution < 1.29 is 23.7 Å². The molecule has 9 nitrogen and oxygen atoms in total. The molecule has 39 heavy (non-hydrogen) atoms. The van der Waals surface area contributed by atoms with E-state index < -0.39 is 17.7 Å². The molecule has 1 aliphatic heterocycles. The van der Waals surface area contributed by atoms with Crippen molar-refractivity contribution in [1.82, 2.24) is 4.90 Å². The van der Waals surface area contributed by atoms with Crippen molar-refractivity contribution in [3.8, 4) is 11.5 Å². The summed E-state index contributed by atoms with van der Waals surface area (Å²) in [6, 6.07) is 22.0. The third-order valence-corrected chi connectivity index (χ3v) is 6.28. The van der Waals surface area contributed by atoms with Crippen molar-refractivity contribution in [3.63, 3.8) is 0 Å². The molecule has 0 spiro atoms. The number of anilines is 1. The first-order chi connectivity index (χ1) is 18.7. The van der Waals surface area contributed by atoms with Crippen molar-refractivity contribution >= 4 is 17.8 Å². The van der Waals surface area contributed by atoms with Crippen LogP contribution < -0.4 is 20.3 Å². The number of nitrogens with zero attached hydrogens (tertiary/aromatic N) is 2. The third kappa shape index (κ3) is 7.00. The minimum atomic E-state index is -0.663. The van der Waals surface area contributed by atoms with Crippen LogP contribution in [0.3, 0.4) is 0 Å². The maximum atomic E-state index is 13.2. The number of hydrazine groups is 1. The first kappa shape index (κ1) is 27.8. The first-order valence-corrected chi connectivity index (χ1v) is 12.8. The highest BCUT2D eigenvalue weighted by atomic mass is 16.6. The van der Waals surface area contributed by atoms with Crippen LogP contribution in [0, 0.1) is 5.41 Å². The molecular weight excluding hydrogens is 496 g/mol. The lowest BCUT2D eigenvalue weighted by Crippen LogP contribution is -2.46. The zero-order chi connectivity index (χ0) is 28.0. The Hall–Kier alpha value is -4.24. The minimum Gasteiger partial charge on any atom is -0.493 e. The Kier molecular flexibility index (Phi) is 8.61. The van der Waals surface area contributed by atoms with E-state index in [1.165, 1.54) is 0 Å². The number of benzene rings is 3. The Morgan fingerprint density at radius 1 is 1.05 bits per heavy atom. The number of carbonyl (C=O) groups excluding carboxylic acids is 1. The molecule has 0 aliphatic carbocycles. The van der Waals surface area contributed by atoms with E-state index in [1.807, 2.05) is 81.4 Å². The zero-order valence-electron chi connectivity index (χ0n) is 22.8. The number of nitrogens with two attached hydrogens (primary N) is 1. The molecule has 0 fully saturated rings. The molecule has 0 saturated carbocycles. The maximum Gasteiger partial charge on any atom is 0.410 e. The van der Waals surface area contributed by atoms with Gasteiger partial charge in [0.2, 0.25) is 0 Å². The van der Waals surface area contributed by atoms with Gasteiger partial charge >= 0.3 is 12.1 Å². The van der Waals surface area contributed by atoms with Crippen LogP contribution >= 0.6 is 0 Å². The highest BCUT2D eigenvalue weighted by Gasteiger charge is 2.35. The Morgan fingerprint density at radius 2 is 1.72 bits per heavy atom. The summed E-state index contributed by atoms with van der Waals surface area (Å²) in [5.41, 5.74) is 2.84. The standard InChI is InChI=1S/C30H36N4O5/c1-30(2,3)39-29(35)33-16-15-22-17-27(37-19-21-11-7-5-8-12-21)26(36-4)18-24(22)25(33)20-38-28(31)34(32)23-13-9-6-10-14-23/h5-14,17-18,25,31H,15-16,19-20,32H2,1-4H3.